The molecule has 1 saturated heterocycles. The second kappa shape index (κ2) is 11.4. The SMILES string of the molecule is CC(C)(C)[C@H]1C=C(C(=O)N2CCN(Cc3ccccc3)CC2)O[C@@H](OCc2ccc(CO)cc2)C1. The molecule has 2 aliphatic heterocycles. The summed E-state index contributed by atoms with van der Waals surface area (Å²) >= 11 is 0. The lowest BCUT2D eigenvalue weighted by atomic mass is 9.77. The molecular weight excluding hydrogens is 440 g/mol. The van der Waals surface area contributed by atoms with Gasteiger partial charge in [-0.2, -0.15) is 0 Å². The van der Waals surface area contributed by atoms with E-state index in [0.29, 0.717) is 31.9 Å². The highest BCUT2D eigenvalue weighted by Crippen LogP contribution is 2.37. The molecule has 188 valence electrons. The van der Waals surface area contributed by atoms with Crippen LogP contribution in [0.4, 0.5) is 0 Å². The van der Waals surface area contributed by atoms with Gasteiger partial charge in [-0.15, -0.1) is 0 Å². The van der Waals surface area contributed by atoms with Crippen LogP contribution in [0.25, 0.3) is 0 Å². The summed E-state index contributed by atoms with van der Waals surface area (Å²) in [5, 5.41) is 9.24. The summed E-state index contributed by atoms with van der Waals surface area (Å²) in [6.07, 6.45) is 2.24. The molecule has 0 radical (unpaired) electrons. The zero-order chi connectivity index (χ0) is 24.8. The number of allylic oxidation sites excluding steroid dienone is 1. The number of carbonyl (C=O) groups is 1. The van der Waals surface area contributed by atoms with Crippen molar-refractivity contribution in [3.05, 3.63) is 83.1 Å². The average Bonchev–Trinajstić information content (AvgIpc) is 2.88. The molecule has 1 N–H and O–H groups in total. The summed E-state index contributed by atoms with van der Waals surface area (Å²) in [6, 6.07) is 18.1. The number of nitrogens with zero attached hydrogens (tertiary/aromatic N) is 2. The topological polar surface area (TPSA) is 62.2 Å². The highest BCUT2D eigenvalue weighted by Gasteiger charge is 2.36. The minimum absolute atomic E-state index is 0.00588. The van der Waals surface area contributed by atoms with Gasteiger partial charge < -0.3 is 19.5 Å². The van der Waals surface area contributed by atoms with Crippen LogP contribution in [0.3, 0.4) is 0 Å². The largest absolute Gasteiger partial charge is 0.459 e. The minimum atomic E-state index is -0.472. The summed E-state index contributed by atoms with van der Waals surface area (Å²) in [4.78, 5) is 17.7. The molecule has 0 unspecified atom stereocenters. The zero-order valence-electron chi connectivity index (χ0n) is 21.2. The van der Waals surface area contributed by atoms with Crippen LogP contribution in [0.1, 0.15) is 43.9 Å². The standard InChI is InChI=1S/C29H38N2O4/c1-29(2,3)25-17-26(35-27(18-25)34-21-24-11-9-23(20-32)10-12-24)28(33)31-15-13-30(14-16-31)19-22-7-5-4-6-8-22/h4-12,17,25,27,32H,13-16,18-21H2,1-3H3/t25-,27+/m0/s1. The number of amides is 1. The maximum absolute atomic E-state index is 13.4. The van der Waals surface area contributed by atoms with Crippen LogP contribution in [0, 0.1) is 11.3 Å². The highest BCUT2D eigenvalue weighted by atomic mass is 16.7. The van der Waals surface area contributed by atoms with Gasteiger partial charge in [0.15, 0.2) is 5.76 Å². The van der Waals surface area contributed by atoms with Crippen LogP contribution < -0.4 is 0 Å². The Hall–Kier alpha value is -2.67. The molecule has 6 heteroatoms. The summed E-state index contributed by atoms with van der Waals surface area (Å²) in [6.45, 7) is 11.0. The van der Waals surface area contributed by atoms with Gasteiger partial charge in [-0.05, 0) is 34.1 Å². The molecule has 1 amide bonds. The maximum Gasteiger partial charge on any atom is 0.288 e. The molecule has 6 nitrogen and oxygen atoms in total. The lowest BCUT2D eigenvalue weighted by molar-refractivity contribution is -0.162. The van der Waals surface area contributed by atoms with E-state index in [1.54, 1.807) is 0 Å². The average molecular weight is 479 g/mol. The first kappa shape index (κ1) is 25.4. The maximum atomic E-state index is 13.4. The normalized spacial score (nSPS) is 21.4. The third kappa shape index (κ3) is 6.94. The van der Waals surface area contributed by atoms with Crippen molar-refractivity contribution >= 4 is 5.91 Å². The molecule has 1 fully saturated rings. The van der Waals surface area contributed by atoms with Crippen LogP contribution in [0.2, 0.25) is 0 Å². The van der Waals surface area contributed by atoms with E-state index >= 15 is 0 Å². The van der Waals surface area contributed by atoms with Gasteiger partial charge in [0.2, 0.25) is 6.29 Å². The number of hydrogen-bond donors (Lipinski definition) is 1. The lowest BCUT2D eigenvalue weighted by Gasteiger charge is -2.39. The second-order valence-corrected chi connectivity index (χ2v) is 10.6. The van der Waals surface area contributed by atoms with Gasteiger partial charge in [-0.1, -0.05) is 75.4 Å². The first-order chi connectivity index (χ1) is 16.8. The van der Waals surface area contributed by atoms with Crippen LogP contribution in [-0.2, 0) is 34.0 Å². The minimum Gasteiger partial charge on any atom is -0.459 e. The molecule has 2 aliphatic rings. The van der Waals surface area contributed by atoms with E-state index in [0.717, 1.165) is 30.8 Å². The molecule has 2 aromatic rings. The van der Waals surface area contributed by atoms with Gasteiger partial charge in [-0.25, -0.2) is 0 Å². The fourth-order valence-electron chi connectivity index (χ4n) is 4.55. The smallest absolute Gasteiger partial charge is 0.288 e. The summed E-state index contributed by atoms with van der Waals surface area (Å²) < 4.78 is 12.2. The molecule has 2 heterocycles. The van der Waals surface area contributed by atoms with Crippen molar-refractivity contribution in [2.75, 3.05) is 26.2 Å². The Morgan fingerprint density at radius 2 is 1.63 bits per heavy atom. The van der Waals surface area contributed by atoms with Gasteiger partial charge in [0.05, 0.1) is 13.2 Å². The highest BCUT2D eigenvalue weighted by molar-refractivity contribution is 5.91. The monoisotopic (exact) mass is 478 g/mol. The Morgan fingerprint density at radius 3 is 2.26 bits per heavy atom. The lowest BCUT2D eigenvalue weighted by Crippen LogP contribution is -2.49. The Morgan fingerprint density at radius 1 is 0.971 bits per heavy atom. The van der Waals surface area contributed by atoms with Crippen molar-refractivity contribution in [1.29, 1.82) is 0 Å². The molecule has 0 aliphatic carbocycles. The molecule has 0 saturated carbocycles. The molecule has 35 heavy (non-hydrogen) atoms. The number of ether oxygens (including phenoxy) is 2. The Balaban J connectivity index is 1.36. The number of piperazine rings is 1. The molecular formula is C29H38N2O4. The fourth-order valence-corrected chi connectivity index (χ4v) is 4.55. The predicted octanol–water partition coefficient (Wildman–Crippen LogP) is 4.33. The number of carbonyl (C=O) groups excluding carboxylic acids is 1. The Labute approximate surface area is 209 Å². The first-order valence-corrected chi connectivity index (χ1v) is 12.6. The van der Waals surface area contributed by atoms with Crippen molar-refractivity contribution in [3.63, 3.8) is 0 Å². The number of benzene rings is 2. The van der Waals surface area contributed by atoms with E-state index in [1.807, 2.05) is 41.3 Å². The van der Waals surface area contributed by atoms with E-state index in [1.165, 1.54) is 5.56 Å². The van der Waals surface area contributed by atoms with Gasteiger partial charge in [0, 0.05) is 39.1 Å². The summed E-state index contributed by atoms with van der Waals surface area (Å²) in [7, 11) is 0. The van der Waals surface area contributed by atoms with Crippen LogP contribution in [0.5, 0.6) is 0 Å². The molecule has 0 aromatic heterocycles. The second-order valence-electron chi connectivity index (χ2n) is 10.6. The molecule has 4 rings (SSSR count). The predicted molar refractivity (Wildman–Crippen MR) is 136 cm³/mol. The number of rotatable bonds is 7. The number of aliphatic hydroxyl groups is 1. The van der Waals surface area contributed by atoms with Crippen LogP contribution in [-0.4, -0.2) is 53.3 Å². The zero-order valence-corrected chi connectivity index (χ0v) is 21.2. The Kier molecular flexibility index (Phi) is 8.26. The van der Waals surface area contributed by atoms with Crippen molar-refractivity contribution in [2.24, 2.45) is 11.3 Å². The van der Waals surface area contributed by atoms with Crippen molar-refractivity contribution in [3.8, 4) is 0 Å². The third-order valence-electron chi connectivity index (χ3n) is 6.93. The molecule has 2 aromatic carbocycles. The van der Waals surface area contributed by atoms with Crippen molar-refractivity contribution in [2.45, 2.75) is 53.2 Å². The quantitative estimate of drug-likeness (QED) is 0.642. The number of aliphatic hydroxyl groups excluding tert-OH is 1. The fraction of sp³-hybridized carbons (Fsp3) is 0.483. The Bertz CT molecular complexity index is 990. The van der Waals surface area contributed by atoms with E-state index in [2.05, 4.69) is 49.9 Å². The van der Waals surface area contributed by atoms with Crippen LogP contribution >= 0.6 is 0 Å². The number of hydrogen-bond acceptors (Lipinski definition) is 5. The van der Waals surface area contributed by atoms with Gasteiger partial charge in [0.25, 0.3) is 5.91 Å². The molecule has 2 atom stereocenters. The first-order valence-electron chi connectivity index (χ1n) is 12.6. The summed E-state index contributed by atoms with van der Waals surface area (Å²) in [5.74, 6) is 0.545. The molecule has 0 bridgehead atoms. The third-order valence-corrected chi connectivity index (χ3v) is 6.93. The van der Waals surface area contributed by atoms with Crippen molar-refractivity contribution < 1.29 is 19.4 Å². The van der Waals surface area contributed by atoms with Crippen molar-refractivity contribution in [1.82, 2.24) is 9.80 Å². The van der Waals surface area contributed by atoms with Crippen LogP contribution in [0.15, 0.2) is 66.4 Å². The van der Waals surface area contributed by atoms with Gasteiger partial charge in [0.1, 0.15) is 0 Å². The van der Waals surface area contributed by atoms with Gasteiger partial charge >= 0.3 is 0 Å². The summed E-state index contributed by atoms with van der Waals surface area (Å²) in [5.41, 5.74) is 3.17. The van der Waals surface area contributed by atoms with Gasteiger partial charge in [-0.3, -0.25) is 9.69 Å². The van der Waals surface area contributed by atoms with E-state index in [9.17, 15) is 9.90 Å². The van der Waals surface area contributed by atoms with E-state index in [4.69, 9.17) is 9.47 Å². The molecule has 0 spiro atoms. The van der Waals surface area contributed by atoms with E-state index < -0.39 is 6.29 Å². The van der Waals surface area contributed by atoms with E-state index in [-0.39, 0.29) is 23.8 Å².